The van der Waals surface area contributed by atoms with Crippen LogP contribution in [0.1, 0.15) is 19.3 Å². The molecule has 0 aliphatic heterocycles. The largest absolute Gasteiger partial charge is 0.369 e. The van der Waals surface area contributed by atoms with Crippen molar-refractivity contribution >= 4 is 33.3 Å². The van der Waals surface area contributed by atoms with Crippen LogP contribution in [0.25, 0.3) is 0 Å². The predicted molar refractivity (Wildman–Crippen MR) is 62.8 cm³/mol. The van der Waals surface area contributed by atoms with Gasteiger partial charge in [-0.25, -0.2) is 4.98 Å². The van der Waals surface area contributed by atoms with Gasteiger partial charge in [0.25, 0.3) is 0 Å². The van der Waals surface area contributed by atoms with E-state index in [9.17, 15) is 0 Å². The molecule has 0 bridgehead atoms. The highest BCUT2D eigenvalue weighted by Gasteiger charge is 2.20. The van der Waals surface area contributed by atoms with Crippen LogP contribution < -0.4 is 5.32 Å². The Kier molecular flexibility index (Phi) is 3.29. The monoisotopic (exact) mass is 274 g/mol. The molecule has 0 amide bonds. The molecule has 1 saturated carbocycles. The lowest BCUT2D eigenvalue weighted by molar-refractivity contribution is 0.758. The normalized spacial score (nSPS) is 15.6. The highest BCUT2D eigenvalue weighted by molar-refractivity contribution is 9.10. The minimum absolute atomic E-state index is 0.657. The Balaban J connectivity index is 1.87. The zero-order valence-corrected chi connectivity index (χ0v) is 10.1. The fourth-order valence-corrected chi connectivity index (χ4v) is 2.12. The summed E-state index contributed by atoms with van der Waals surface area (Å²) in [5.41, 5.74) is 0. The molecule has 0 radical (unpaired) electrons. The van der Waals surface area contributed by atoms with Crippen LogP contribution in [0.2, 0.25) is 5.02 Å². The number of nitrogens with one attached hydrogen (secondary N) is 1. The Bertz CT molecular complexity index is 326. The van der Waals surface area contributed by atoms with Gasteiger partial charge in [0, 0.05) is 12.7 Å². The molecule has 0 saturated heterocycles. The van der Waals surface area contributed by atoms with Crippen molar-refractivity contribution in [2.24, 2.45) is 5.92 Å². The highest BCUT2D eigenvalue weighted by atomic mass is 79.9. The van der Waals surface area contributed by atoms with Crippen molar-refractivity contribution in [3.8, 4) is 0 Å². The van der Waals surface area contributed by atoms with Crippen LogP contribution in [0.3, 0.4) is 0 Å². The molecule has 1 aromatic heterocycles. The third kappa shape index (κ3) is 2.85. The molecule has 2 nitrogen and oxygen atoms in total. The van der Waals surface area contributed by atoms with E-state index in [2.05, 4.69) is 26.2 Å². The number of hydrogen-bond acceptors (Lipinski definition) is 2. The zero-order valence-electron chi connectivity index (χ0n) is 7.76. The van der Waals surface area contributed by atoms with Crippen molar-refractivity contribution in [2.45, 2.75) is 19.3 Å². The van der Waals surface area contributed by atoms with E-state index in [1.54, 1.807) is 6.20 Å². The topological polar surface area (TPSA) is 24.9 Å². The molecule has 4 heteroatoms. The van der Waals surface area contributed by atoms with Gasteiger partial charge in [0.05, 0.1) is 9.50 Å². The molecular formula is C10H12BrClN2. The van der Waals surface area contributed by atoms with Gasteiger partial charge in [-0.2, -0.15) is 0 Å². The quantitative estimate of drug-likeness (QED) is 0.906. The van der Waals surface area contributed by atoms with Gasteiger partial charge >= 0.3 is 0 Å². The summed E-state index contributed by atoms with van der Waals surface area (Å²) in [5, 5.41) is 3.95. The Morgan fingerprint density at radius 2 is 2.36 bits per heavy atom. The second-order valence-electron chi connectivity index (χ2n) is 3.64. The number of hydrogen-bond donors (Lipinski definition) is 1. The zero-order chi connectivity index (χ0) is 9.97. The number of pyridine rings is 1. The second-order valence-corrected chi connectivity index (χ2v) is 4.93. The van der Waals surface area contributed by atoms with E-state index in [4.69, 9.17) is 11.6 Å². The van der Waals surface area contributed by atoms with Crippen LogP contribution in [-0.4, -0.2) is 11.5 Å². The van der Waals surface area contributed by atoms with E-state index < -0.39 is 0 Å². The molecule has 1 aromatic rings. The first-order valence-corrected chi connectivity index (χ1v) is 5.98. The maximum absolute atomic E-state index is 5.79. The first-order valence-electron chi connectivity index (χ1n) is 4.80. The van der Waals surface area contributed by atoms with E-state index in [-0.39, 0.29) is 0 Å². The average Bonchev–Trinajstić information content (AvgIpc) is 2.92. The number of halogens is 2. The van der Waals surface area contributed by atoms with Crippen LogP contribution in [-0.2, 0) is 0 Å². The van der Waals surface area contributed by atoms with Crippen LogP contribution in [0.5, 0.6) is 0 Å². The molecular weight excluding hydrogens is 263 g/mol. The summed E-state index contributed by atoms with van der Waals surface area (Å²) in [6, 6.07) is 1.86. The molecule has 0 atom stereocenters. The summed E-state index contributed by atoms with van der Waals surface area (Å²) in [7, 11) is 0. The smallest absolute Gasteiger partial charge is 0.140 e. The molecule has 0 aromatic carbocycles. The first-order chi connectivity index (χ1) is 6.75. The van der Waals surface area contributed by atoms with Gasteiger partial charge < -0.3 is 5.32 Å². The van der Waals surface area contributed by atoms with Gasteiger partial charge in [0.2, 0.25) is 0 Å². The van der Waals surface area contributed by atoms with E-state index >= 15 is 0 Å². The summed E-state index contributed by atoms with van der Waals surface area (Å²) < 4.78 is 0.931. The lowest BCUT2D eigenvalue weighted by Crippen LogP contribution is -2.04. The average molecular weight is 276 g/mol. The van der Waals surface area contributed by atoms with Gasteiger partial charge in [-0.05, 0) is 34.3 Å². The molecule has 76 valence electrons. The lowest BCUT2D eigenvalue weighted by Gasteiger charge is -2.06. The van der Waals surface area contributed by atoms with Gasteiger partial charge in [-0.3, -0.25) is 0 Å². The van der Waals surface area contributed by atoms with Gasteiger partial charge in [0.15, 0.2) is 0 Å². The Labute approximate surface area is 97.2 Å². The van der Waals surface area contributed by atoms with E-state index in [0.29, 0.717) is 5.02 Å². The number of rotatable bonds is 4. The van der Waals surface area contributed by atoms with Crippen LogP contribution in [0.4, 0.5) is 5.82 Å². The Morgan fingerprint density at radius 3 is 3.00 bits per heavy atom. The van der Waals surface area contributed by atoms with Crippen molar-refractivity contribution in [1.82, 2.24) is 4.98 Å². The van der Waals surface area contributed by atoms with Crippen LogP contribution in [0, 0.1) is 5.92 Å². The SMILES string of the molecule is Clc1cnc(NCCC2CC2)c(Br)c1. The first kappa shape index (κ1) is 10.2. The lowest BCUT2D eigenvalue weighted by atomic mass is 10.3. The fourth-order valence-electron chi connectivity index (χ4n) is 1.35. The molecule has 1 aliphatic carbocycles. The van der Waals surface area contributed by atoms with E-state index in [1.165, 1.54) is 19.3 Å². The molecule has 1 aliphatic rings. The van der Waals surface area contributed by atoms with Crippen LogP contribution in [0.15, 0.2) is 16.7 Å². The van der Waals surface area contributed by atoms with Gasteiger partial charge in [-0.15, -0.1) is 0 Å². The fraction of sp³-hybridized carbons (Fsp3) is 0.500. The predicted octanol–water partition coefficient (Wildman–Crippen LogP) is 3.71. The van der Waals surface area contributed by atoms with Crippen molar-refractivity contribution < 1.29 is 0 Å². The highest BCUT2D eigenvalue weighted by Crippen LogP contribution is 2.32. The standard InChI is InChI=1S/C10H12BrClN2/c11-9-5-8(12)6-14-10(9)13-4-3-7-1-2-7/h5-7H,1-4H2,(H,13,14). The minimum atomic E-state index is 0.657. The molecule has 14 heavy (non-hydrogen) atoms. The van der Waals surface area contributed by atoms with Crippen molar-refractivity contribution in [1.29, 1.82) is 0 Å². The van der Waals surface area contributed by atoms with Gasteiger partial charge in [-0.1, -0.05) is 24.4 Å². The van der Waals surface area contributed by atoms with E-state index in [1.807, 2.05) is 6.07 Å². The molecule has 1 fully saturated rings. The third-order valence-electron chi connectivity index (χ3n) is 2.35. The second kappa shape index (κ2) is 4.49. The van der Waals surface area contributed by atoms with Crippen molar-refractivity contribution in [2.75, 3.05) is 11.9 Å². The summed E-state index contributed by atoms with van der Waals surface area (Å²) in [5.74, 6) is 1.84. The molecule has 1 N–H and O–H groups in total. The number of aromatic nitrogens is 1. The Hall–Kier alpha value is -0.280. The molecule has 2 rings (SSSR count). The van der Waals surface area contributed by atoms with Crippen LogP contribution >= 0.6 is 27.5 Å². The minimum Gasteiger partial charge on any atom is -0.369 e. The molecule has 0 spiro atoms. The maximum Gasteiger partial charge on any atom is 0.140 e. The molecule has 0 unspecified atom stereocenters. The van der Waals surface area contributed by atoms with Gasteiger partial charge in [0.1, 0.15) is 5.82 Å². The summed E-state index contributed by atoms with van der Waals surface area (Å²) in [6.45, 7) is 0.998. The summed E-state index contributed by atoms with van der Waals surface area (Å²) in [6.07, 6.45) is 5.70. The third-order valence-corrected chi connectivity index (χ3v) is 3.16. The summed E-state index contributed by atoms with van der Waals surface area (Å²) >= 11 is 9.21. The number of nitrogens with zero attached hydrogens (tertiary/aromatic N) is 1. The van der Waals surface area contributed by atoms with Crippen molar-refractivity contribution in [3.63, 3.8) is 0 Å². The maximum atomic E-state index is 5.79. The number of anilines is 1. The Morgan fingerprint density at radius 1 is 1.57 bits per heavy atom. The van der Waals surface area contributed by atoms with E-state index in [0.717, 1.165) is 22.8 Å². The molecule has 1 heterocycles. The van der Waals surface area contributed by atoms with Crippen molar-refractivity contribution in [3.05, 3.63) is 21.8 Å². The summed E-state index contributed by atoms with van der Waals surface area (Å²) in [4.78, 5) is 4.21.